The average molecular weight is 163 g/mol. The van der Waals surface area contributed by atoms with Crippen LogP contribution < -0.4 is 5.73 Å². The van der Waals surface area contributed by atoms with Crippen molar-refractivity contribution in [2.24, 2.45) is 5.73 Å². The van der Waals surface area contributed by atoms with Crippen molar-refractivity contribution in [1.29, 1.82) is 0 Å². The Kier molecular flexibility index (Phi) is 4.91. The lowest BCUT2D eigenvalue weighted by Gasteiger charge is -2.13. The van der Waals surface area contributed by atoms with E-state index in [-0.39, 0.29) is 5.25 Å². The van der Waals surface area contributed by atoms with Crippen LogP contribution in [0.4, 0.5) is 0 Å². The van der Waals surface area contributed by atoms with Gasteiger partial charge in [-0.3, -0.25) is 4.21 Å². The van der Waals surface area contributed by atoms with Crippen LogP contribution in [-0.4, -0.2) is 21.3 Å². The van der Waals surface area contributed by atoms with Crippen LogP contribution in [0.15, 0.2) is 0 Å². The Bertz CT molecular complexity index is 104. The topological polar surface area (TPSA) is 43.1 Å². The highest BCUT2D eigenvalue weighted by Gasteiger charge is 2.14. The van der Waals surface area contributed by atoms with E-state index < -0.39 is 10.8 Å². The fourth-order valence-corrected chi connectivity index (χ4v) is 1.97. The monoisotopic (exact) mass is 163 g/mol. The summed E-state index contributed by atoms with van der Waals surface area (Å²) in [5.74, 6) is 0. The fraction of sp³-hybridized carbons (Fsp3) is 1.00. The largest absolute Gasteiger partial charge is 0.329 e. The van der Waals surface area contributed by atoms with Gasteiger partial charge in [-0.25, -0.2) is 0 Å². The van der Waals surface area contributed by atoms with Gasteiger partial charge in [0.1, 0.15) is 0 Å². The third kappa shape index (κ3) is 2.80. The smallest absolute Gasteiger partial charge is 0.0444 e. The van der Waals surface area contributed by atoms with E-state index >= 15 is 0 Å². The minimum Gasteiger partial charge on any atom is -0.329 e. The van der Waals surface area contributed by atoms with Gasteiger partial charge in [-0.2, -0.15) is 0 Å². The highest BCUT2D eigenvalue weighted by atomic mass is 32.2. The van der Waals surface area contributed by atoms with Crippen LogP contribution in [0.1, 0.15) is 27.2 Å². The molecule has 0 saturated carbocycles. The fourth-order valence-electron chi connectivity index (χ4n) is 0.656. The Balaban J connectivity index is 3.82. The molecule has 3 heteroatoms. The van der Waals surface area contributed by atoms with Gasteiger partial charge in [0.05, 0.1) is 0 Å². The highest BCUT2D eigenvalue weighted by molar-refractivity contribution is 7.86. The normalized spacial score (nSPS) is 20.0. The number of rotatable bonds is 4. The first kappa shape index (κ1) is 10.1. The maximum atomic E-state index is 11.3. The minimum absolute atomic E-state index is 0.148. The van der Waals surface area contributed by atoms with Crippen molar-refractivity contribution in [1.82, 2.24) is 0 Å². The Morgan fingerprint density at radius 2 is 1.90 bits per heavy atom. The van der Waals surface area contributed by atoms with Gasteiger partial charge in [0, 0.05) is 27.8 Å². The summed E-state index contributed by atoms with van der Waals surface area (Å²) in [4.78, 5) is 0. The van der Waals surface area contributed by atoms with Gasteiger partial charge in [0.25, 0.3) is 0 Å². The van der Waals surface area contributed by atoms with Gasteiger partial charge < -0.3 is 5.73 Å². The van der Waals surface area contributed by atoms with E-state index in [1.807, 2.05) is 20.8 Å². The highest BCUT2D eigenvalue weighted by Crippen LogP contribution is 2.05. The Morgan fingerprint density at radius 3 is 2.20 bits per heavy atom. The Morgan fingerprint density at radius 1 is 1.40 bits per heavy atom. The molecular formula is C7H17NOS. The van der Waals surface area contributed by atoms with Gasteiger partial charge in [0.15, 0.2) is 0 Å². The maximum Gasteiger partial charge on any atom is 0.0444 e. The molecule has 0 heterocycles. The molecule has 0 saturated heterocycles. The van der Waals surface area contributed by atoms with Gasteiger partial charge in [-0.15, -0.1) is 0 Å². The molecule has 0 rings (SSSR count). The second-order valence-corrected chi connectivity index (χ2v) is 4.86. The van der Waals surface area contributed by atoms with Crippen LogP contribution >= 0.6 is 0 Å². The first-order valence-electron chi connectivity index (χ1n) is 3.72. The first-order valence-corrected chi connectivity index (χ1v) is 5.00. The molecule has 2 nitrogen and oxygen atoms in total. The summed E-state index contributed by atoms with van der Waals surface area (Å²) in [6, 6.07) is 0. The summed E-state index contributed by atoms with van der Waals surface area (Å²) in [5, 5.41) is 0.438. The predicted octanol–water partition coefficient (Wildman–Crippen LogP) is 0.881. The summed E-state index contributed by atoms with van der Waals surface area (Å²) >= 11 is 0. The summed E-state index contributed by atoms with van der Waals surface area (Å²) in [6.45, 7) is 6.51. The molecule has 3 atom stereocenters. The third-order valence-corrected chi connectivity index (χ3v) is 3.81. The van der Waals surface area contributed by atoms with Crippen molar-refractivity contribution in [3.63, 3.8) is 0 Å². The lowest BCUT2D eigenvalue weighted by molar-refractivity contribution is 0.659. The lowest BCUT2D eigenvalue weighted by atomic mass is 10.4. The SMILES string of the molecule is CCC(C)S(=O)C(C)CN. The third-order valence-electron chi connectivity index (χ3n) is 1.70. The number of hydrogen-bond acceptors (Lipinski definition) is 2. The van der Waals surface area contributed by atoms with Crippen molar-refractivity contribution in [2.75, 3.05) is 6.54 Å². The van der Waals surface area contributed by atoms with E-state index in [2.05, 4.69) is 0 Å². The molecule has 0 aromatic heterocycles. The van der Waals surface area contributed by atoms with E-state index in [4.69, 9.17) is 5.73 Å². The molecule has 10 heavy (non-hydrogen) atoms. The second kappa shape index (κ2) is 4.85. The Labute approximate surface area is 65.6 Å². The average Bonchev–Trinajstić information content (AvgIpc) is 2.00. The van der Waals surface area contributed by atoms with Crippen LogP contribution in [0.2, 0.25) is 0 Å². The molecule has 0 amide bonds. The molecular weight excluding hydrogens is 146 g/mol. The molecule has 0 aliphatic heterocycles. The quantitative estimate of drug-likeness (QED) is 0.668. The zero-order valence-corrected chi connectivity index (χ0v) is 7.78. The second-order valence-electron chi connectivity index (χ2n) is 2.59. The summed E-state index contributed by atoms with van der Waals surface area (Å²) in [6.07, 6.45) is 0.969. The maximum absolute atomic E-state index is 11.3. The van der Waals surface area contributed by atoms with E-state index in [0.29, 0.717) is 11.8 Å². The van der Waals surface area contributed by atoms with Gasteiger partial charge in [0.2, 0.25) is 0 Å². The van der Waals surface area contributed by atoms with Crippen LogP contribution in [0.3, 0.4) is 0 Å². The zero-order valence-electron chi connectivity index (χ0n) is 6.96. The molecule has 0 aromatic rings. The summed E-state index contributed by atoms with van der Waals surface area (Å²) < 4.78 is 11.3. The molecule has 2 N–H and O–H groups in total. The number of nitrogens with two attached hydrogens (primary N) is 1. The van der Waals surface area contributed by atoms with Crippen molar-refractivity contribution in [3.8, 4) is 0 Å². The first-order chi connectivity index (χ1) is 4.63. The van der Waals surface area contributed by atoms with Crippen molar-refractivity contribution in [3.05, 3.63) is 0 Å². The predicted molar refractivity (Wildman–Crippen MR) is 46.4 cm³/mol. The van der Waals surface area contributed by atoms with Crippen LogP contribution in [-0.2, 0) is 10.8 Å². The molecule has 0 aliphatic carbocycles. The minimum atomic E-state index is -0.735. The number of hydrogen-bond donors (Lipinski definition) is 1. The molecule has 0 fully saturated rings. The molecule has 3 unspecified atom stereocenters. The van der Waals surface area contributed by atoms with Crippen LogP contribution in [0, 0.1) is 0 Å². The van der Waals surface area contributed by atoms with Gasteiger partial charge in [-0.05, 0) is 13.3 Å². The molecule has 0 aromatic carbocycles. The Hall–Kier alpha value is 0.110. The standard InChI is InChI=1S/C7H17NOS/c1-4-6(2)10(9)7(3)5-8/h6-7H,4-5,8H2,1-3H3. The van der Waals surface area contributed by atoms with Crippen molar-refractivity contribution < 1.29 is 4.21 Å². The lowest BCUT2D eigenvalue weighted by Crippen LogP contribution is -2.27. The van der Waals surface area contributed by atoms with E-state index in [1.165, 1.54) is 0 Å². The molecule has 0 bridgehead atoms. The summed E-state index contributed by atoms with van der Waals surface area (Å²) in [7, 11) is -0.735. The van der Waals surface area contributed by atoms with E-state index in [0.717, 1.165) is 6.42 Å². The van der Waals surface area contributed by atoms with Gasteiger partial charge >= 0.3 is 0 Å². The van der Waals surface area contributed by atoms with Gasteiger partial charge in [-0.1, -0.05) is 13.8 Å². The van der Waals surface area contributed by atoms with E-state index in [9.17, 15) is 4.21 Å². The molecule has 0 radical (unpaired) electrons. The van der Waals surface area contributed by atoms with Crippen molar-refractivity contribution in [2.45, 2.75) is 37.7 Å². The zero-order chi connectivity index (χ0) is 8.15. The van der Waals surface area contributed by atoms with Crippen molar-refractivity contribution >= 4 is 10.8 Å². The molecule has 0 spiro atoms. The summed E-state index contributed by atoms with van der Waals surface area (Å²) in [5.41, 5.74) is 5.37. The molecule has 62 valence electrons. The van der Waals surface area contributed by atoms with Crippen LogP contribution in [0.25, 0.3) is 0 Å². The van der Waals surface area contributed by atoms with Crippen LogP contribution in [0.5, 0.6) is 0 Å². The van der Waals surface area contributed by atoms with E-state index in [1.54, 1.807) is 0 Å². The molecule has 0 aliphatic rings.